The van der Waals surface area contributed by atoms with Gasteiger partial charge in [-0.1, -0.05) is 30.3 Å². The Morgan fingerprint density at radius 3 is 2.90 bits per heavy atom. The molecule has 2 heterocycles. The van der Waals surface area contributed by atoms with E-state index in [1.54, 1.807) is 18.3 Å². The topological polar surface area (TPSA) is 51.4 Å². The van der Waals surface area contributed by atoms with E-state index in [4.69, 9.17) is 10.5 Å². The number of aromatic nitrogens is 1. The Kier molecular flexibility index (Phi) is 3.83. The third kappa shape index (κ3) is 3.27. The van der Waals surface area contributed by atoms with Crippen molar-refractivity contribution < 1.29 is 4.74 Å². The second kappa shape index (κ2) is 5.92. The van der Waals surface area contributed by atoms with E-state index in [9.17, 15) is 0 Å². The number of nitrogens with two attached hydrogens (primary N) is 1. The predicted octanol–water partition coefficient (Wildman–Crippen LogP) is 2.32. The molecule has 1 aliphatic rings. The summed E-state index contributed by atoms with van der Waals surface area (Å²) >= 11 is 0. The summed E-state index contributed by atoms with van der Waals surface area (Å²) in [5.74, 6) is 0.622. The molecule has 4 nitrogen and oxygen atoms in total. The van der Waals surface area contributed by atoms with Crippen LogP contribution in [0, 0.1) is 0 Å². The molecule has 2 aromatic rings. The van der Waals surface area contributed by atoms with Gasteiger partial charge in [0.2, 0.25) is 5.88 Å². The van der Waals surface area contributed by atoms with Gasteiger partial charge in [-0.3, -0.25) is 4.90 Å². The van der Waals surface area contributed by atoms with E-state index in [2.05, 4.69) is 34.1 Å². The van der Waals surface area contributed by atoms with E-state index in [0.717, 1.165) is 26.1 Å². The van der Waals surface area contributed by atoms with Gasteiger partial charge >= 0.3 is 0 Å². The van der Waals surface area contributed by atoms with E-state index in [1.165, 1.54) is 5.56 Å². The number of hydrogen-bond acceptors (Lipinski definition) is 4. The average molecular weight is 269 g/mol. The summed E-state index contributed by atoms with van der Waals surface area (Å²) in [6, 6.07) is 14.1. The molecule has 3 rings (SSSR count). The van der Waals surface area contributed by atoms with Crippen molar-refractivity contribution in [3.63, 3.8) is 0 Å². The zero-order chi connectivity index (χ0) is 13.8. The molecule has 0 radical (unpaired) electrons. The molecule has 0 bridgehead atoms. The van der Waals surface area contributed by atoms with Gasteiger partial charge in [-0.05, 0) is 18.1 Å². The SMILES string of the molecule is Nc1ccnc(OC2CCN(Cc3ccccc3)C2)c1. The number of likely N-dealkylation sites (tertiary alicyclic amines) is 1. The molecule has 2 N–H and O–H groups in total. The van der Waals surface area contributed by atoms with Gasteiger partial charge in [-0.2, -0.15) is 0 Å². The Bertz CT molecular complexity index is 559. The largest absolute Gasteiger partial charge is 0.473 e. The maximum absolute atomic E-state index is 5.89. The molecule has 0 aliphatic carbocycles. The molecule has 1 saturated heterocycles. The minimum absolute atomic E-state index is 0.202. The highest BCUT2D eigenvalue weighted by Gasteiger charge is 2.24. The maximum atomic E-state index is 5.89. The normalized spacial score (nSPS) is 19.1. The fourth-order valence-electron chi connectivity index (χ4n) is 2.54. The van der Waals surface area contributed by atoms with Crippen molar-refractivity contribution in [1.29, 1.82) is 0 Å². The summed E-state index contributed by atoms with van der Waals surface area (Å²) < 4.78 is 5.89. The van der Waals surface area contributed by atoms with Gasteiger partial charge in [0.15, 0.2) is 0 Å². The molecule has 1 aliphatic heterocycles. The number of nitrogen functional groups attached to an aromatic ring is 1. The third-order valence-corrected chi connectivity index (χ3v) is 3.52. The Morgan fingerprint density at radius 1 is 1.25 bits per heavy atom. The van der Waals surface area contributed by atoms with Crippen LogP contribution in [0.2, 0.25) is 0 Å². The lowest BCUT2D eigenvalue weighted by Gasteiger charge is -2.16. The van der Waals surface area contributed by atoms with Crippen molar-refractivity contribution in [2.45, 2.75) is 19.1 Å². The quantitative estimate of drug-likeness (QED) is 0.925. The predicted molar refractivity (Wildman–Crippen MR) is 79.4 cm³/mol. The molecule has 0 amide bonds. The second-order valence-corrected chi connectivity index (χ2v) is 5.18. The van der Waals surface area contributed by atoms with Gasteiger partial charge in [0.1, 0.15) is 6.10 Å². The van der Waals surface area contributed by atoms with Crippen LogP contribution < -0.4 is 10.5 Å². The molecule has 1 aromatic carbocycles. The lowest BCUT2D eigenvalue weighted by Crippen LogP contribution is -2.24. The van der Waals surface area contributed by atoms with Crippen molar-refractivity contribution in [3.05, 3.63) is 54.2 Å². The molecular weight excluding hydrogens is 250 g/mol. The van der Waals surface area contributed by atoms with Gasteiger partial charge in [0.25, 0.3) is 0 Å². The van der Waals surface area contributed by atoms with Crippen molar-refractivity contribution in [1.82, 2.24) is 9.88 Å². The van der Waals surface area contributed by atoms with Crippen LogP contribution in [-0.2, 0) is 6.54 Å². The average Bonchev–Trinajstić information content (AvgIpc) is 2.87. The highest BCUT2D eigenvalue weighted by molar-refractivity contribution is 5.39. The first-order valence-electron chi connectivity index (χ1n) is 6.94. The van der Waals surface area contributed by atoms with Crippen molar-refractivity contribution in [2.24, 2.45) is 0 Å². The van der Waals surface area contributed by atoms with Crippen molar-refractivity contribution in [2.75, 3.05) is 18.8 Å². The lowest BCUT2D eigenvalue weighted by atomic mass is 10.2. The van der Waals surface area contributed by atoms with Gasteiger partial charge in [-0.15, -0.1) is 0 Å². The zero-order valence-corrected chi connectivity index (χ0v) is 11.4. The van der Waals surface area contributed by atoms with Crippen LogP contribution in [0.3, 0.4) is 0 Å². The highest BCUT2D eigenvalue weighted by atomic mass is 16.5. The molecule has 1 unspecified atom stereocenters. The fourth-order valence-corrected chi connectivity index (χ4v) is 2.54. The van der Waals surface area contributed by atoms with Crippen LogP contribution in [0.25, 0.3) is 0 Å². The number of benzene rings is 1. The van der Waals surface area contributed by atoms with Crippen LogP contribution in [0.4, 0.5) is 5.69 Å². The van der Waals surface area contributed by atoms with E-state index in [-0.39, 0.29) is 6.10 Å². The van der Waals surface area contributed by atoms with E-state index >= 15 is 0 Å². The molecule has 4 heteroatoms. The molecule has 0 spiro atoms. The Hall–Kier alpha value is -2.07. The number of rotatable bonds is 4. The van der Waals surface area contributed by atoms with E-state index < -0.39 is 0 Å². The number of nitrogens with zero attached hydrogens (tertiary/aromatic N) is 2. The summed E-state index contributed by atoms with van der Waals surface area (Å²) in [5, 5.41) is 0. The molecule has 1 fully saturated rings. The summed E-state index contributed by atoms with van der Waals surface area (Å²) in [5.41, 5.74) is 7.76. The van der Waals surface area contributed by atoms with Crippen LogP contribution in [0.15, 0.2) is 48.7 Å². The van der Waals surface area contributed by atoms with Gasteiger partial charge in [0, 0.05) is 37.6 Å². The monoisotopic (exact) mass is 269 g/mol. The van der Waals surface area contributed by atoms with Crippen LogP contribution >= 0.6 is 0 Å². The summed E-state index contributed by atoms with van der Waals surface area (Å²) in [7, 11) is 0. The fraction of sp³-hybridized carbons (Fsp3) is 0.312. The summed E-state index contributed by atoms with van der Waals surface area (Å²) in [6.07, 6.45) is 2.91. The van der Waals surface area contributed by atoms with Gasteiger partial charge in [0.05, 0.1) is 0 Å². The van der Waals surface area contributed by atoms with Gasteiger partial charge in [-0.25, -0.2) is 4.98 Å². The standard InChI is InChI=1S/C16H19N3O/c17-14-6-8-18-16(10-14)20-15-7-9-19(12-15)11-13-4-2-1-3-5-13/h1-6,8,10,15H,7,9,11-12H2,(H2,17,18). The molecule has 104 valence electrons. The first-order valence-corrected chi connectivity index (χ1v) is 6.94. The molecule has 1 atom stereocenters. The number of ether oxygens (including phenoxy) is 1. The Balaban J connectivity index is 1.54. The smallest absolute Gasteiger partial charge is 0.215 e. The maximum Gasteiger partial charge on any atom is 0.215 e. The molecular formula is C16H19N3O. The van der Waals surface area contributed by atoms with Gasteiger partial charge < -0.3 is 10.5 Å². The van der Waals surface area contributed by atoms with Crippen molar-refractivity contribution in [3.8, 4) is 5.88 Å². The molecule has 1 aromatic heterocycles. The number of pyridine rings is 1. The third-order valence-electron chi connectivity index (χ3n) is 3.52. The van der Waals surface area contributed by atoms with Crippen molar-refractivity contribution >= 4 is 5.69 Å². The van der Waals surface area contributed by atoms with E-state index in [0.29, 0.717) is 11.6 Å². The summed E-state index contributed by atoms with van der Waals surface area (Å²) in [6.45, 7) is 2.97. The van der Waals surface area contributed by atoms with Crippen LogP contribution in [0.1, 0.15) is 12.0 Å². The number of hydrogen-bond donors (Lipinski definition) is 1. The first-order chi connectivity index (χ1) is 9.79. The van der Waals surface area contributed by atoms with E-state index in [1.807, 2.05) is 6.07 Å². The highest BCUT2D eigenvalue weighted by Crippen LogP contribution is 2.19. The van der Waals surface area contributed by atoms with Crippen LogP contribution in [-0.4, -0.2) is 29.1 Å². The molecule has 0 saturated carbocycles. The number of anilines is 1. The Morgan fingerprint density at radius 2 is 2.10 bits per heavy atom. The zero-order valence-electron chi connectivity index (χ0n) is 11.4. The lowest BCUT2D eigenvalue weighted by molar-refractivity contribution is 0.191. The minimum atomic E-state index is 0.202. The Labute approximate surface area is 119 Å². The first kappa shape index (κ1) is 12.9. The second-order valence-electron chi connectivity index (χ2n) is 5.18. The molecule has 20 heavy (non-hydrogen) atoms. The minimum Gasteiger partial charge on any atom is -0.473 e. The van der Waals surface area contributed by atoms with Crippen LogP contribution in [0.5, 0.6) is 5.88 Å². The summed E-state index contributed by atoms with van der Waals surface area (Å²) in [4.78, 5) is 6.60.